The van der Waals surface area contributed by atoms with Gasteiger partial charge in [-0.3, -0.25) is 0 Å². The molecule has 1 aliphatic heterocycles. The maximum atomic E-state index is 13.6. The first-order valence-electron chi connectivity index (χ1n) is 7.52. The molecule has 0 amide bonds. The fourth-order valence-corrected chi connectivity index (χ4v) is 2.77. The Bertz CT molecular complexity index is 712. The largest absolute Gasteiger partial charge is 0.355 e. The van der Waals surface area contributed by atoms with E-state index in [9.17, 15) is 8.78 Å². The Balaban J connectivity index is 2.04. The van der Waals surface area contributed by atoms with E-state index < -0.39 is 5.92 Å². The van der Waals surface area contributed by atoms with Gasteiger partial charge in [-0.05, 0) is 31.1 Å². The van der Waals surface area contributed by atoms with Crippen molar-refractivity contribution >= 4 is 22.4 Å². The molecule has 0 radical (unpaired) electrons. The minimum absolute atomic E-state index is 0.0626. The lowest BCUT2D eigenvalue weighted by molar-refractivity contribution is -0.0102. The second-order valence-electron chi connectivity index (χ2n) is 5.86. The Labute approximate surface area is 128 Å². The number of para-hydroxylation sites is 2. The Morgan fingerprint density at radius 2 is 1.82 bits per heavy atom. The topological polar surface area (TPSA) is 29.0 Å². The molecule has 0 saturated carbocycles. The van der Waals surface area contributed by atoms with Crippen molar-refractivity contribution < 1.29 is 8.78 Å². The van der Waals surface area contributed by atoms with Gasteiger partial charge in [-0.25, -0.2) is 18.7 Å². The molecule has 1 aliphatic rings. The predicted octanol–water partition coefficient (Wildman–Crippen LogP) is 4.29. The van der Waals surface area contributed by atoms with Crippen molar-refractivity contribution in [1.29, 1.82) is 0 Å². The van der Waals surface area contributed by atoms with Crippen LogP contribution >= 0.6 is 0 Å². The highest BCUT2D eigenvalue weighted by atomic mass is 19.3. The van der Waals surface area contributed by atoms with Crippen LogP contribution in [0.1, 0.15) is 31.9 Å². The summed E-state index contributed by atoms with van der Waals surface area (Å²) in [5.41, 5.74) is 3.07. The molecule has 0 spiro atoms. The van der Waals surface area contributed by atoms with Crippen LogP contribution in [-0.2, 0) is 0 Å². The van der Waals surface area contributed by atoms with E-state index in [4.69, 9.17) is 0 Å². The molecule has 1 fully saturated rings. The van der Waals surface area contributed by atoms with Crippen LogP contribution < -0.4 is 4.90 Å². The number of allylic oxidation sites excluding steroid dienone is 1. The third kappa shape index (κ3) is 2.93. The summed E-state index contributed by atoms with van der Waals surface area (Å²) in [5, 5.41) is 0. The van der Waals surface area contributed by atoms with Crippen molar-refractivity contribution in [1.82, 2.24) is 9.97 Å². The number of fused-ring (bicyclic) bond motifs is 1. The van der Waals surface area contributed by atoms with Gasteiger partial charge in [-0.2, -0.15) is 0 Å². The Hall–Kier alpha value is -2.04. The van der Waals surface area contributed by atoms with Crippen LogP contribution in [0.5, 0.6) is 0 Å². The molecule has 5 heteroatoms. The number of anilines is 1. The molecular formula is C17H19F2N3. The molecule has 2 aromatic rings. The maximum Gasteiger partial charge on any atom is 0.249 e. The molecule has 1 saturated heterocycles. The number of benzene rings is 1. The van der Waals surface area contributed by atoms with E-state index >= 15 is 0 Å². The van der Waals surface area contributed by atoms with E-state index in [-0.39, 0.29) is 12.8 Å². The first kappa shape index (κ1) is 14.9. The van der Waals surface area contributed by atoms with Crippen molar-refractivity contribution in [2.45, 2.75) is 32.1 Å². The van der Waals surface area contributed by atoms with E-state index in [1.807, 2.05) is 36.1 Å². The zero-order valence-electron chi connectivity index (χ0n) is 12.6. The number of nitrogens with zero attached hydrogens (tertiary/aromatic N) is 3. The van der Waals surface area contributed by atoms with E-state index in [2.05, 4.69) is 16.5 Å². The quantitative estimate of drug-likeness (QED) is 0.829. The van der Waals surface area contributed by atoms with Gasteiger partial charge in [-0.15, -0.1) is 0 Å². The molecule has 0 bridgehead atoms. The van der Waals surface area contributed by atoms with Crippen LogP contribution in [0.2, 0.25) is 0 Å². The van der Waals surface area contributed by atoms with Crippen molar-refractivity contribution in [3.8, 4) is 0 Å². The van der Waals surface area contributed by atoms with E-state index in [1.54, 1.807) is 0 Å². The number of aromatic nitrogens is 2. The second-order valence-corrected chi connectivity index (χ2v) is 5.86. The van der Waals surface area contributed by atoms with Gasteiger partial charge in [0.1, 0.15) is 5.69 Å². The number of hydrogen-bond acceptors (Lipinski definition) is 3. The molecule has 0 aliphatic carbocycles. The lowest BCUT2D eigenvalue weighted by Crippen LogP contribution is -2.28. The van der Waals surface area contributed by atoms with Gasteiger partial charge in [0, 0.05) is 25.9 Å². The minimum Gasteiger partial charge on any atom is -0.355 e. The van der Waals surface area contributed by atoms with Crippen LogP contribution in [-0.4, -0.2) is 29.0 Å². The summed E-state index contributed by atoms with van der Waals surface area (Å²) in [6, 6.07) is 7.60. The second kappa shape index (κ2) is 5.63. The third-order valence-electron chi connectivity index (χ3n) is 3.97. The molecule has 3 nitrogen and oxygen atoms in total. The van der Waals surface area contributed by atoms with Gasteiger partial charge in [0.25, 0.3) is 0 Å². The van der Waals surface area contributed by atoms with E-state index in [1.165, 1.54) is 0 Å². The fraction of sp³-hybridized carbons (Fsp3) is 0.412. The lowest BCUT2D eigenvalue weighted by Gasteiger charge is -2.24. The van der Waals surface area contributed by atoms with Crippen molar-refractivity contribution in [2.75, 3.05) is 18.0 Å². The van der Waals surface area contributed by atoms with Gasteiger partial charge >= 0.3 is 0 Å². The molecule has 2 heterocycles. The lowest BCUT2D eigenvalue weighted by atomic mass is 10.1. The standard InChI is InChI=1S/C17H19F2N3/c1-12(2)15-16(21-14-7-4-3-6-13(14)20-15)22-10-5-8-17(18,19)9-11-22/h3-4,6-7H,1,5,8-11H2,2H3. The van der Waals surface area contributed by atoms with Crippen LogP contribution in [0.15, 0.2) is 30.8 Å². The van der Waals surface area contributed by atoms with Gasteiger partial charge in [0.15, 0.2) is 5.82 Å². The minimum atomic E-state index is -2.58. The third-order valence-corrected chi connectivity index (χ3v) is 3.97. The number of hydrogen-bond donors (Lipinski definition) is 0. The molecular weight excluding hydrogens is 284 g/mol. The summed E-state index contributed by atoms with van der Waals surface area (Å²) in [4.78, 5) is 11.2. The molecule has 0 unspecified atom stereocenters. The summed E-state index contributed by atoms with van der Waals surface area (Å²) in [7, 11) is 0. The van der Waals surface area contributed by atoms with Gasteiger partial charge in [0.2, 0.25) is 5.92 Å². The monoisotopic (exact) mass is 303 g/mol. The number of halogens is 2. The van der Waals surface area contributed by atoms with E-state index in [0.717, 1.165) is 16.6 Å². The molecule has 0 N–H and O–H groups in total. The highest BCUT2D eigenvalue weighted by Gasteiger charge is 2.32. The van der Waals surface area contributed by atoms with Crippen LogP contribution in [0, 0.1) is 0 Å². The van der Waals surface area contributed by atoms with Gasteiger partial charge in [-0.1, -0.05) is 18.7 Å². The summed E-state index contributed by atoms with van der Waals surface area (Å²) >= 11 is 0. The molecule has 22 heavy (non-hydrogen) atoms. The molecule has 116 valence electrons. The molecule has 0 atom stereocenters. The number of alkyl halides is 2. The SMILES string of the molecule is C=C(C)c1nc2ccccc2nc1N1CCCC(F)(F)CC1. The smallest absolute Gasteiger partial charge is 0.249 e. The Kier molecular flexibility index (Phi) is 3.81. The maximum absolute atomic E-state index is 13.6. The molecule has 3 rings (SSSR count). The Morgan fingerprint density at radius 3 is 2.50 bits per heavy atom. The normalized spacial score (nSPS) is 18.2. The number of rotatable bonds is 2. The first-order valence-corrected chi connectivity index (χ1v) is 7.52. The summed E-state index contributed by atoms with van der Waals surface area (Å²) in [6.07, 6.45) is 0.251. The van der Waals surface area contributed by atoms with Crippen molar-refractivity contribution in [2.24, 2.45) is 0 Å². The average molecular weight is 303 g/mol. The molecule has 1 aromatic heterocycles. The fourth-order valence-electron chi connectivity index (χ4n) is 2.77. The highest BCUT2D eigenvalue weighted by molar-refractivity contribution is 5.81. The Morgan fingerprint density at radius 1 is 1.14 bits per heavy atom. The van der Waals surface area contributed by atoms with Crippen LogP contribution in [0.3, 0.4) is 0 Å². The summed E-state index contributed by atoms with van der Waals surface area (Å²) < 4.78 is 27.2. The highest BCUT2D eigenvalue weighted by Crippen LogP contribution is 2.32. The van der Waals surface area contributed by atoms with Gasteiger partial charge < -0.3 is 4.90 Å². The van der Waals surface area contributed by atoms with Crippen LogP contribution in [0.4, 0.5) is 14.6 Å². The van der Waals surface area contributed by atoms with Crippen LogP contribution in [0.25, 0.3) is 16.6 Å². The van der Waals surface area contributed by atoms with E-state index in [0.29, 0.717) is 31.0 Å². The van der Waals surface area contributed by atoms with Crippen molar-refractivity contribution in [3.63, 3.8) is 0 Å². The average Bonchev–Trinajstić information content (AvgIpc) is 2.66. The predicted molar refractivity (Wildman–Crippen MR) is 85.3 cm³/mol. The zero-order chi connectivity index (χ0) is 15.7. The summed E-state index contributed by atoms with van der Waals surface area (Å²) in [5.74, 6) is -1.91. The van der Waals surface area contributed by atoms with Gasteiger partial charge in [0.05, 0.1) is 11.0 Å². The first-order chi connectivity index (χ1) is 10.5. The zero-order valence-corrected chi connectivity index (χ0v) is 12.6. The molecule has 1 aromatic carbocycles. The summed E-state index contributed by atoms with van der Waals surface area (Å²) in [6.45, 7) is 6.70. The van der Waals surface area contributed by atoms with Crippen molar-refractivity contribution in [3.05, 3.63) is 36.5 Å².